The number of hydrogen-bond donors (Lipinski definition) is 1. The summed E-state index contributed by atoms with van der Waals surface area (Å²) in [5.41, 5.74) is 0. The molecule has 4 nitrogen and oxygen atoms in total. The number of para-hydroxylation sites is 1. The molecule has 6 heteroatoms. The van der Waals surface area contributed by atoms with Crippen molar-refractivity contribution in [2.24, 2.45) is 11.8 Å². The van der Waals surface area contributed by atoms with Gasteiger partial charge in [-0.15, -0.1) is 23.5 Å². The van der Waals surface area contributed by atoms with Gasteiger partial charge in [-0.05, 0) is 11.4 Å². The van der Waals surface area contributed by atoms with Crippen LogP contribution in [0.5, 0.6) is 11.6 Å². The number of thiophene rings is 1. The fourth-order valence-electron chi connectivity index (χ4n) is 1.93. The number of rotatable bonds is 5. The number of fused-ring (bicyclic) bond motifs is 1. The van der Waals surface area contributed by atoms with Gasteiger partial charge in [0.1, 0.15) is 0 Å². The SMILES string of the molecule is CC(C)C(=O)/C=C(\O)C(C)C.[Ir].[c-]1ccccc1Oc1cc2sccc2cn1. The smallest absolute Gasteiger partial charge is 0.218 e. The van der Waals surface area contributed by atoms with Crippen LogP contribution in [-0.4, -0.2) is 15.9 Å². The van der Waals surface area contributed by atoms with Crippen molar-refractivity contribution >= 4 is 27.2 Å². The first-order valence-corrected chi connectivity index (χ1v) is 9.67. The molecule has 1 aromatic carbocycles. The summed E-state index contributed by atoms with van der Waals surface area (Å²) in [4.78, 5) is 15.3. The first kappa shape index (κ1) is 24.0. The van der Waals surface area contributed by atoms with Gasteiger partial charge < -0.3 is 9.84 Å². The maximum atomic E-state index is 11.0. The van der Waals surface area contributed by atoms with Crippen LogP contribution in [0.2, 0.25) is 0 Å². The van der Waals surface area contributed by atoms with Gasteiger partial charge in [0, 0.05) is 66.1 Å². The number of benzene rings is 1. The molecule has 0 bridgehead atoms. The number of pyridine rings is 1. The molecule has 3 aromatic rings. The molecule has 0 spiro atoms. The Morgan fingerprint density at radius 1 is 1.21 bits per heavy atom. The Morgan fingerprint density at radius 3 is 2.57 bits per heavy atom. The van der Waals surface area contributed by atoms with Gasteiger partial charge in [0.05, 0.1) is 5.76 Å². The fraction of sp³-hybridized carbons (Fsp3) is 0.273. The van der Waals surface area contributed by atoms with Crippen molar-refractivity contribution in [1.82, 2.24) is 4.98 Å². The van der Waals surface area contributed by atoms with Gasteiger partial charge in [0.2, 0.25) is 5.88 Å². The number of allylic oxidation sites excluding steroid dienone is 2. The molecule has 1 N–H and O–H groups in total. The van der Waals surface area contributed by atoms with E-state index in [1.54, 1.807) is 11.3 Å². The number of aromatic nitrogens is 1. The molecule has 2 aromatic heterocycles. The van der Waals surface area contributed by atoms with Crippen molar-refractivity contribution in [1.29, 1.82) is 0 Å². The van der Waals surface area contributed by atoms with Gasteiger partial charge in [-0.25, -0.2) is 4.98 Å². The Bertz CT molecular complexity index is 904. The van der Waals surface area contributed by atoms with Crippen molar-refractivity contribution in [2.75, 3.05) is 0 Å². The summed E-state index contributed by atoms with van der Waals surface area (Å²) in [6.45, 7) is 7.32. The Morgan fingerprint density at radius 2 is 1.96 bits per heavy atom. The Balaban J connectivity index is 0.000000292. The van der Waals surface area contributed by atoms with E-state index >= 15 is 0 Å². The molecule has 0 saturated carbocycles. The molecule has 28 heavy (non-hydrogen) atoms. The Hall–Kier alpha value is -2.01. The molecule has 0 saturated heterocycles. The summed E-state index contributed by atoms with van der Waals surface area (Å²) in [6.07, 6.45) is 3.14. The van der Waals surface area contributed by atoms with E-state index in [4.69, 9.17) is 4.74 Å². The Labute approximate surface area is 183 Å². The van der Waals surface area contributed by atoms with Crippen LogP contribution in [-0.2, 0) is 24.9 Å². The number of carbonyl (C=O) groups excluding carboxylic acids is 1. The minimum atomic E-state index is -0.0316. The summed E-state index contributed by atoms with van der Waals surface area (Å²) in [6, 6.07) is 14.5. The minimum Gasteiger partial charge on any atom is -0.512 e. The van der Waals surface area contributed by atoms with Crippen molar-refractivity contribution in [3.05, 3.63) is 65.9 Å². The Kier molecular flexibility index (Phi) is 10.1. The maximum absolute atomic E-state index is 11.0. The van der Waals surface area contributed by atoms with E-state index in [1.165, 1.54) is 10.8 Å². The number of ketones is 1. The molecular weight excluding hydrogens is 551 g/mol. The first-order chi connectivity index (χ1) is 12.9. The maximum Gasteiger partial charge on any atom is 0.218 e. The number of aliphatic hydroxyl groups excluding tert-OH is 1. The summed E-state index contributed by atoms with van der Waals surface area (Å²) >= 11 is 1.68. The van der Waals surface area contributed by atoms with Gasteiger partial charge >= 0.3 is 0 Å². The van der Waals surface area contributed by atoms with Gasteiger partial charge in [-0.3, -0.25) is 4.79 Å². The zero-order valence-corrected chi connectivity index (χ0v) is 19.5. The monoisotopic (exact) mass is 575 g/mol. The predicted molar refractivity (Wildman–Crippen MR) is 110 cm³/mol. The molecular formula is C22H24IrNO3S-. The average molecular weight is 575 g/mol. The quantitative estimate of drug-likeness (QED) is 0.224. The predicted octanol–water partition coefficient (Wildman–Crippen LogP) is 6.20. The molecule has 0 aliphatic heterocycles. The third kappa shape index (κ3) is 7.55. The number of nitrogens with zero attached hydrogens (tertiary/aromatic N) is 1. The summed E-state index contributed by atoms with van der Waals surface area (Å²) in [7, 11) is 0. The van der Waals surface area contributed by atoms with Crippen LogP contribution in [0.3, 0.4) is 0 Å². The van der Waals surface area contributed by atoms with E-state index in [-0.39, 0.29) is 43.5 Å². The van der Waals surface area contributed by atoms with Gasteiger partial charge in [0.25, 0.3) is 0 Å². The zero-order chi connectivity index (χ0) is 19.8. The summed E-state index contributed by atoms with van der Waals surface area (Å²) in [5, 5.41) is 12.4. The first-order valence-electron chi connectivity index (χ1n) is 8.79. The van der Waals surface area contributed by atoms with Crippen LogP contribution >= 0.6 is 11.3 Å². The van der Waals surface area contributed by atoms with Crippen LogP contribution in [0.4, 0.5) is 0 Å². The minimum absolute atomic E-state index is 0. The third-order valence-electron chi connectivity index (χ3n) is 3.66. The number of ether oxygens (including phenoxy) is 1. The summed E-state index contributed by atoms with van der Waals surface area (Å²) < 4.78 is 6.78. The van der Waals surface area contributed by atoms with Crippen LogP contribution in [0.25, 0.3) is 10.1 Å². The largest absolute Gasteiger partial charge is 0.512 e. The van der Waals surface area contributed by atoms with E-state index in [0.29, 0.717) is 11.6 Å². The van der Waals surface area contributed by atoms with Crippen molar-refractivity contribution in [3.63, 3.8) is 0 Å². The van der Waals surface area contributed by atoms with E-state index < -0.39 is 0 Å². The van der Waals surface area contributed by atoms with Crippen LogP contribution in [0.1, 0.15) is 27.7 Å². The molecule has 0 amide bonds. The standard InChI is InChI=1S/C13H8NOS.C9H16O2.Ir/c1-2-4-11(5-3-1)15-13-8-12-10(9-14-13)6-7-16-12;1-6(2)8(10)5-9(11)7(3)4;/h1-4,6-9H;5-7,10H,1-4H3;/q-1;;/b;8-5-;. The molecule has 0 atom stereocenters. The summed E-state index contributed by atoms with van der Waals surface area (Å²) in [5.74, 6) is 1.46. The normalized spacial score (nSPS) is 11.0. The average Bonchev–Trinajstić information content (AvgIpc) is 3.10. The molecule has 0 aliphatic rings. The second-order valence-corrected chi connectivity index (χ2v) is 7.54. The number of carbonyl (C=O) groups is 1. The molecule has 0 aliphatic carbocycles. The molecule has 3 rings (SSSR count). The third-order valence-corrected chi connectivity index (χ3v) is 4.54. The fourth-order valence-corrected chi connectivity index (χ4v) is 2.71. The number of aliphatic hydroxyl groups is 1. The van der Waals surface area contributed by atoms with Gasteiger partial charge in [0.15, 0.2) is 5.78 Å². The van der Waals surface area contributed by atoms with E-state index in [2.05, 4.69) is 11.1 Å². The van der Waals surface area contributed by atoms with E-state index in [0.717, 1.165) is 5.39 Å². The second kappa shape index (κ2) is 11.7. The van der Waals surface area contributed by atoms with E-state index in [9.17, 15) is 9.90 Å². The molecule has 2 heterocycles. The van der Waals surface area contributed by atoms with Crippen molar-refractivity contribution in [2.45, 2.75) is 27.7 Å². The number of hydrogen-bond acceptors (Lipinski definition) is 5. The zero-order valence-electron chi connectivity index (χ0n) is 16.3. The van der Waals surface area contributed by atoms with Crippen LogP contribution < -0.4 is 4.74 Å². The van der Waals surface area contributed by atoms with Gasteiger partial charge in [-0.2, -0.15) is 18.2 Å². The van der Waals surface area contributed by atoms with E-state index in [1.807, 2.05) is 75.7 Å². The molecule has 151 valence electrons. The van der Waals surface area contributed by atoms with Gasteiger partial charge in [-0.1, -0.05) is 27.7 Å². The van der Waals surface area contributed by atoms with Crippen molar-refractivity contribution in [3.8, 4) is 11.6 Å². The topological polar surface area (TPSA) is 59.4 Å². The second-order valence-electron chi connectivity index (χ2n) is 6.59. The molecule has 0 fully saturated rings. The van der Waals surface area contributed by atoms with Crippen LogP contribution in [0, 0.1) is 17.9 Å². The van der Waals surface area contributed by atoms with Crippen LogP contribution in [0.15, 0.2) is 59.8 Å². The van der Waals surface area contributed by atoms with Crippen molar-refractivity contribution < 1.29 is 34.7 Å². The molecule has 1 radical (unpaired) electrons. The molecule has 0 unspecified atom stereocenters.